The highest BCUT2D eigenvalue weighted by Gasteiger charge is 2.41. The maximum absolute atomic E-state index is 12.6. The van der Waals surface area contributed by atoms with Crippen molar-refractivity contribution in [3.63, 3.8) is 0 Å². The number of imide groups is 1. The molecule has 0 spiro atoms. The van der Waals surface area contributed by atoms with E-state index in [9.17, 15) is 14.7 Å². The Morgan fingerprint density at radius 1 is 1.22 bits per heavy atom. The van der Waals surface area contributed by atoms with Crippen molar-refractivity contribution < 1.29 is 14.7 Å². The van der Waals surface area contributed by atoms with Crippen LogP contribution in [0, 0.1) is 6.92 Å². The monoisotopic (exact) mass is 382 g/mol. The van der Waals surface area contributed by atoms with Crippen LogP contribution in [0.2, 0.25) is 0 Å². The number of amides is 2. The topological polar surface area (TPSA) is 108 Å². The quantitative estimate of drug-likeness (QED) is 0.365. The minimum absolute atomic E-state index is 0.0528. The third-order valence-corrected chi connectivity index (χ3v) is 4.99. The number of nitrogens with two attached hydrogens (primary N) is 1. The number of hydrogen-bond donors (Lipinski definition) is 2. The largest absolute Gasteiger partial charge is 0.507 e. The highest BCUT2D eigenvalue weighted by atomic mass is 32.2. The SMILES string of the molecule is Cc1ccccc1N1C(=O)C[C@H](SC(N)=N/N=C\c2ccccc2O)C1=O. The van der Waals surface area contributed by atoms with E-state index in [4.69, 9.17) is 5.73 Å². The molecule has 1 aliphatic heterocycles. The zero-order chi connectivity index (χ0) is 19.4. The predicted octanol–water partition coefficient (Wildman–Crippen LogP) is 2.41. The van der Waals surface area contributed by atoms with Gasteiger partial charge < -0.3 is 10.8 Å². The average Bonchev–Trinajstić information content (AvgIpc) is 2.91. The second-order valence-corrected chi connectivity index (χ2v) is 7.13. The van der Waals surface area contributed by atoms with E-state index in [2.05, 4.69) is 10.2 Å². The highest BCUT2D eigenvalue weighted by molar-refractivity contribution is 8.14. The van der Waals surface area contributed by atoms with Crippen LogP contribution in [0.3, 0.4) is 0 Å². The van der Waals surface area contributed by atoms with Gasteiger partial charge in [0.2, 0.25) is 11.8 Å². The number of carbonyl (C=O) groups is 2. The van der Waals surface area contributed by atoms with E-state index in [-0.39, 0.29) is 29.2 Å². The molecule has 0 unspecified atom stereocenters. The van der Waals surface area contributed by atoms with Gasteiger partial charge in [0.15, 0.2) is 5.17 Å². The van der Waals surface area contributed by atoms with Gasteiger partial charge in [0.25, 0.3) is 0 Å². The van der Waals surface area contributed by atoms with Crippen molar-refractivity contribution >= 4 is 40.6 Å². The summed E-state index contributed by atoms with van der Waals surface area (Å²) in [5, 5.41) is 16.8. The van der Waals surface area contributed by atoms with Gasteiger partial charge in [0.05, 0.1) is 11.9 Å². The van der Waals surface area contributed by atoms with Crippen LogP contribution in [0.5, 0.6) is 5.75 Å². The minimum atomic E-state index is -0.638. The van der Waals surface area contributed by atoms with Crippen LogP contribution in [0.15, 0.2) is 58.7 Å². The molecule has 0 bridgehead atoms. The summed E-state index contributed by atoms with van der Waals surface area (Å²) < 4.78 is 0. The van der Waals surface area contributed by atoms with Gasteiger partial charge in [0, 0.05) is 12.0 Å². The molecule has 0 radical (unpaired) electrons. The molecule has 1 aliphatic rings. The van der Waals surface area contributed by atoms with Gasteiger partial charge in [-0.15, -0.1) is 5.10 Å². The molecule has 1 heterocycles. The Morgan fingerprint density at radius 3 is 2.67 bits per heavy atom. The number of rotatable bonds is 4. The van der Waals surface area contributed by atoms with E-state index in [0.29, 0.717) is 11.3 Å². The summed E-state index contributed by atoms with van der Waals surface area (Å²) in [6.07, 6.45) is 1.42. The van der Waals surface area contributed by atoms with Crippen LogP contribution < -0.4 is 10.6 Å². The van der Waals surface area contributed by atoms with E-state index in [0.717, 1.165) is 17.3 Å². The fraction of sp³-hybridized carbons (Fsp3) is 0.158. The van der Waals surface area contributed by atoms with Crippen molar-refractivity contribution in [3.05, 3.63) is 59.7 Å². The van der Waals surface area contributed by atoms with E-state index >= 15 is 0 Å². The van der Waals surface area contributed by atoms with Crippen LogP contribution in [-0.4, -0.2) is 33.6 Å². The summed E-state index contributed by atoms with van der Waals surface area (Å²) in [5.41, 5.74) is 7.76. The molecule has 1 saturated heterocycles. The number of phenols is 1. The molecule has 2 amide bonds. The number of amidine groups is 1. The minimum Gasteiger partial charge on any atom is -0.507 e. The van der Waals surface area contributed by atoms with Crippen LogP contribution >= 0.6 is 11.8 Å². The van der Waals surface area contributed by atoms with Gasteiger partial charge in [-0.1, -0.05) is 42.1 Å². The fourth-order valence-corrected chi connectivity index (χ4v) is 3.50. The number of phenolic OH excluding ortho intramolecular Hbond substituents is 1. The molecule has 27 heavy (non-hydrogen) atoms. The molecule has 0 saturated carbocycles. The maximum Gasteiger partial charge on any atom is 0.247 e. The van der Waals surface area contributed by atoms with Crippen molar-refractivity contribution in [1.82, 2.24) is 0 Å². The summed E-state index contributed by atoms with van der Waals surface area (Å²) in [7, 11) is 0. The summed E-state index contributed by atoms with van der Waals surface area (Å²) in [4.78, 5) is 26.2. The summed E-state index contributed by atoms with van der Waals surface area (Å²) in [6, 6.07) is 13.9. The maximum atomic E-state index is 12.6. The number of benzene rings is 2. The molecule has 3 N–H and O–H groups in total. The normalized spacial score (nSPS) is 17.9. The third kappa shape index (κ3) is 4.17. The van der Waals surface area contributed by atoms with E-state index in [1.807, 2.05) is 19.1 Å². The molecule has 1 atom stereocenters. The number of para-hydroxylation sites is 2. The van der Waals surface area contributed by atoms with Crippen LogP contribution in [0.25, 0.3) is 0 Å². The molecule has 138 valence electrons. The number of anilines is 1. The molecule has 0 aliphatic carbocycles. The lowest BCUT2D eigenvalue weighted by Gasteiger charge is -2.16. The molecule has 3 rings (SSSR count). The number of thioether (sulfide) groups is 1. The highest BCUT2D eigenvalue weighted by Crippen LogP contribution is 2.31. The lowest BCUT2D eigenvalue weighted by atomic mass is 10.2. The standard InChI is InChI=1S/C19H18N4O3S/c1-12-6-2-4-8-14(12)23-17(25)10-16(18(23)26)27-19(20)22-21-11-13-7-3-5-9-15(13)24/h2-9,11,16,24H,10H2,1H3,(H2,20,22)/b21-11-/t16-/m0/s1. The first kappa shape index (κ1) is 18.7. The van der Waals surface area contributed by atoms with E-state index < -0.39 is 5.25 Å². The van der Waals surface area contributed by atoms with E-state index in [1.165, 1.54) is 17.2 Å². The zero-order valence-corrected chi connectivity index (χ0v) is 15.4. The van der Waals surface area contributed by atoms with E-state index in [1.54, 1.807) is 30.3 Å². The lowest BCUT2D eigenvalue weighted by molar-refractivity contribution is -0.121. The molecule has 8 heteroatoms. The van der Waals surface area contributed by atoms with Crippen molar-refractivity contribution in [2.75, 3.05) is 4.90 Å². The first-order valence-corrected chi connectivity index (χ1v) is 9.09. The average molecular weight is 382 g/mol. The third-order valence-electron chi connectivity index (χ3n) is 4.01. The summed E-state index contributed by atoms with van der Waals surface area (Å²) in [6.45, 7) is 1.85. The fourth-order valence-electron chi connectivity index (χ4n) is 2.68. The Kier molecular flexibility index (Phi) is 5.56. The Balaban J connectivity index is 1.69. The summed E-state index contributed by atoms with van der Waals surface area (Å²) >= 11 is 1.00. The second kappa shape index (κ2) is 8.05. The number of aryl methyl sites for hydroxylation is 1. The molecule has 0 aromatic heterocycles. The van der Waals surface area contributed by atoms with Gasteiger partial charge in [-0.05, 0) is 30.7 Å². The Labute approximate surface area is 160 Å². The number of hydrogen-bond acceptors (Lipinski definition) is 6. The Morgan fingerprint density at radius 2 is 1.93 bits per heavy atom. The molecular formula is C19H18N4O3S. The van der Waals surface area contributed by atoms with Gasteiger partial charge in [-0.25, -0.2) is 4.90 Å². The smallest absolute Gasteiger partial charge is 0.247 e. The number of carbonyl (C=O) groups excluding carboxylic acids is 2. The van der Waals surface area contributed by atoms with Gasteiger partial charge in [0.1, 0.15) is 11.0 Å². The second-order valence-electron chi connectivity index (χ2n) is 5.91. The van der Waals surface area contributed by atoms with Crippen molar-refractivity contribution in [2.45, 2.75) is 18.6 Å². The first-order chi connectivity index (χ1) is 13.0. The molecule has 1 fully saturated rings. The predicted molar refractivity (Wildman–Crippen MR) is 107 cm³/mol. The molecule has 2 aromatic rings. The summed E-state index contributed by atoms with van der Waals surface area (Å²) in [5.74, 6) is -0.507. The van der Waals surface area contributed by atoms with Crippen LogP contribution in [0.4, 0.5) is 5.69 Å². The van der Waals surface area contributed by atoms with Gasteiger partial charge in [-0.2, -0.15) is 5.10 Å². The molecular weight excluding hydrogens is 364 g/mol. The van der Waals surface area contributed by atoms with Crippen molar-refractivity contribution in [2.24, 2.45) is 15.9 Å². The lowest BCUT2D eigenvalue weighted by Crippen LogP contribution is -2.32. The van der Waals surface area contributed by atoms with Crippen molar-refractivity contribution in [3.8, 4) is 5.75 Å². The molecule has 7 nitrogen and oxygen atoms in total. The van der Waals surface area contributed by atoms with Crippen molar-refractivity contribution in [1.29, 1.82) is 0 Å². The zero-order valence-electron chi connectivity index (χ0n) is 14.6. The Bertz CT molecular complexity index is 942. The van der Waals surface area contributed by atoms with Crippen LogP contribution in [-0.2, 0) is 9.59 Å². The van der Waals surface area contributed by atoms with Crippen LogP contribution in [0.1, 0.15) is 17.5 Å². The molecule has 2 aromatic carbocycles. The van der Waals surface area contributed by atoms with Gasteiger partial charge >= 0.3 is 0 Å². The Hall–Kier alpha value is -3.13. The van der Waals surface area contributed by atoms with Gasteiger partial charge in [-0.3, -0.25) is 9.59 Å². The number of nitrogens with zero attached hydrogens (tertiary/aromatic N) is 3. The number of aromatic hydroxyl groups is 1. The first-order valence-electron chi connectivity index (χ1n) is 8.21.